The molecule has 0 radical (unpaired) electrons. The highest BCUT2D eigenvalue weighted by molar-refractivity contribution is 5.59. The number of aromatic nitrogens is 4. The highest BCUT2D eigenvalue weighted by atomic mass is 19.1. The summed E-state index contributed by atoms with van der Waals surface area (Å²) in [5.41, 5.74) is 3.80. The number of benzene rings is 1. The average Bonchev–Trinajstić information content (AvgIpc) is 3.45. The van der Waals surface area contributed by atoms with Crippen molar-refractivity contribution >= 4 is 0 Å². The zero-order valence-electron chi connectivity index (χ0n) is 16.3. The first-order valence-electron chi connectivity index (χ1n) is 9.96. The Balaban J connectivity index is 1.30. The molecule has 4 heterocycles. The Bertz CT molecular complexity index is 1110. The van der Waals surface area contributed by atoms with Crippen LogP contribution in [0, 0.1) is 5.82 Å². The largest absolute Gasteiger partial charge is 0.337 e. The van der Waals surface area contributed by atoms with E-state index in [0.29, 0.717) is 17.4 Å². The molecule has 0 saturated carbocycles. The summed E-state index contributed by atoms with van der Waals surface area (Å²) in [4.78, 5) is 15.3. The molecule has 7 heteroatoms. The highest BCUT2D eigenvalue weighted by Gasteiger charge is 2.31. The number of hydrogen-bond donors (Lipinski definition) is 0. The number of halogens is 1. The number of pyridine rings is 2. The Morgan fingerprint density at radius 1 is 1.00 bits per heavy atom. The molecule has 0 N–H and O–H groups in total. The van der Waals surface area contributed by atoms with Gasteiger partial charge in [0.1, 0.15) is 11.5 Å². The molecule has 1 aromatic carbocycles. The molecule has 30 heavy (non-hydrogen) atoms. The minimum Gasteiger partial charge on any atom is -0.337 e. The summed E-state index contributed by atoms with van der Waals surface area (Å²) in [6.07, 6.45) is 4.99. The van der Waals surface area contributed by atoms with Crippen LogP contribution in [0.25, 0.3) is 22.8 Å². The average molecular weight is 401 g/mol. The van der Waals surface area contributed by atoms with Crippen LogP contribution in [-0.2, 0) is 6.54 Å². The predicted octanol–water partition coefficient (Wildman–Crippen LogP) is 4.67. The molecule has 5 rings (SSSR count). The van der Waals surface area contributed by atoms with Crippen LogP contribution in [0.4, 0.5) is 4.39 Å². The van der Waals surface area contributed by atoms with Crippen LogP contribution in [-0.4, -0.2) is 31.6 Å². The molecular formula is C23H20FN5O. The Morgan fingerprint density at radius 2 is 1.90 bits per heavy atom. The van der Waals surface area contributed by atoms with Gasteiger partial charge in [-0.15, -0.1) is 0 Å². The third-order valence-electron chi connectivity index (χ3n) is 5.35. The van der Waals surface area contributed by atoms with Crippen LogP contribution in [0.5, 0.6) is 0 Å². The molecule has 1 atom stereocenters. The molecule has 3 aromatic heterocycles. The van der Waals surface area contributed by atoms with Gasteiger partial charge in [0.25, 0.3) is 0 Å². The SMILES string of the molecule is Fc1ccc(-c2noc(C3CCCN3Cc3ccc(-c4ccccn4)cc3)n2)nc1. The molecule has 6 nitrogen and oxygen atoms in total. The Hall–Kier alpha value is -3.45. The molecule has 1 aliphatic heterocycles. The summed E-state index contributed by atoms with van der Waals surface area (Å²) >= 11 is 0. The summed E-state index contributed by atoms with van der Waals surface area (Å²) in [7, 11) is 0. The van der Waals surface area contributed by atoms with Crippen molar-refractivity contribution in [2.24, 2.45) is 0 Å². The van der Waals surface area contributed by atoms with Gasteiger partial charge in [-0.25, -0.2) is 9.37 Å². The van der Waals surface area contributed by atoms with Gasteiger partial charge in [0.15, 0.2) is 0 Å². The minimum absolute atomic E-state index is 0.0714. The van der Waals surface area contributed by atoms with Gasteiger partial charge in [0.05, 0.1) is 17.9 Å². The van der Waals surface area contributed by atoms with E-state index in [1.807, 2.05) is 18.2 Å². The second kappa shape index (κ2) is 8.12. The van der Waals surface area contributed by atoms with Gasteiger partial charge in [-0.3, -0.25) is 9.88 Å². The van der Waals surface area contributed by atoms with Crippen molar-refractivity contribution in [3.05, 3.63) is 84.3 Å². The lowest BCUT2D eigenvalue weighted by Gasteiger charge is -2.21. The summed E-state index contributed by atoms with van der Waals surface area (Å²) in [6, 6.07) is 17.4. The van der Waals surface area contributed by atoms with Crippen molar-refractivity contribution < 1.29 is 8.91 Å². The van der Waals surface area contributed by atoms with Gasteiger partial charge in [-0.05, 0) is 49.2 Å². The smallest absolute Gasteiger partial charge is 0.244 e. The predicted molar refractivity (Wildman–Crippen MR) is 110 cm³/mol. The quantitative estimate of drug-likeness (QED) is 0.484. The fraction of sp³-hybridized carbons (Fsp3) is 0.217. The molecule has 0 aliphatic carbocycles. The van der Waals surface area contributed by atoms with E-state index in [1.54, 1.807) is 12.3 Å². The zero-order chi connectivity index (χ0) is 20.3. The minimum atomic E-state index is -0.390. The van der Waals surface area contributed by atoms with E-state index >= 15 is 0 Å². The fourth-order valence-corrected chi connectivity index (χ4v) is 3.83. The van der Waals surface area contributed by atoms with E-state index < -0.39 is 5.82 Å². The van der Waals surface area contributed by atoms with E-state index in [-0.39, 0.29) is 6.04 Å². The van der Waals surface area contributed by atoms with Crippen molar-refractivity contribution in [3.8, 4) is 22.8 Å². The lowest BCUT2D eigenvalue weighted by molar-refractivity contribution is 0.201. The number of hydrogen-bond acceptors (Lipinski definition) is 6. The second-order valence-corrected chi connectivity index (χ2v) is 7.36. The first kappa shape index (κ1) is 18.6. The molecule has 1 saturated heterocycles. The van der Waals surface area contributed by atoms with Gasteiger partial charge >= 0.3 is 0 Å². The molecule has 0 spiro atoms. The maximum absolute atomic E-state index is 13.1. The normalized spacial score (nSPS) is 16.8. The third-order valence-corrected chi connectivity index (χ3v) is 5.35. The van der Waals surface area contributed by atoms with Crippen LogP contribution >= 0.6 is 0 Å². The van der Waals surface area contributed by atoms with Crippen molar-refractivity contribution in [3.63, 3.8) is 0 Å². The van der Waals surface area contributed by atoms with Gasteiger partial charge in [0.2, 0.25) is 11.7 Å². The topological polar surface area (TPSA) is 67.9 Å². The second-order valence-electron chi connectivity index (χ2n) is 7.36. The van der Waals surface area contributed by atoms with E-state index in [0.717, 1.165) is 43.4 Å². The maximum atomic E-state index is 13.1. The summed E-state index contributed by atoms with van der Waals surface area (Å²) in [5.74, 6) is 0.578. The summed E-state index contributed by atoms with van der Waals surface area (Å²) < 4.78 is 18.6. The number of nitrogens with zero attached hydrogens (tertiary/aromatic N) is 5. The first-order chi connectivity index (χ1) is 14.8. The third kappa shape index (κ3) is 3.84. The van der Waals surface area contributed by atoms with Gasteiger partial charge in [-0.1, -0.05) is 35.5 Å². The molecule has 1 fully saturated rings. The Kier molecular flexibility index (Phi) is 5.03. The zero-order valence-corrected chi connectivity index (χ0v) is 16.3. The van der Waals surface area contributed by atoms with Crippen molar-refractivity contribution in [2.75, 3.05) is 6.54 Å². The Morgan fingerprint density at radius 3 is 2.67 bits per heavy atom. The molecule has 1 unspecified atom stereocenters. The molecule has 4 aromatic rings. The molecular weight excluding hydrogens is 381 g/mol. The van der Waals surface area contributed by atoms with Crippen LogP contribution in [0.1, 0.15) is 30.3 Å². The van der Waals surface area contributed by atoms with E-state index in [4.69, 9.17) is 4.52 Å². The van der Waals surface area contributed by atoms with E-state index in [9.17, 15) is 4.39 Å². The van der Waals surface area contributed by atoms with Crippen LogP contribution in [0.15, 0.2) is 71.5 Å². The monoisotopic (exact) mass is 401 g/mol. The van der Waals surface area contributed by atoms with Gasteiger partial charge in [0, 0.05) is 18.3 Å². The standard InChI is InChI=1S/C23H20FN5O/c24-18-10-11-20(26-14-18)22-27-23(30-28-22)21-5-3-13-29(21)15-16-6-8-17(9-7-16)19-4-1-2-12-25-19/h1-2,4,6-12,14,21H,3,5,13,15H2. The first-order valence-corrected chi connectivity index (χ1v) is 9.96. The maximum Gasteiger partial charge on any atom is 0.244 e. The van der Waals surface area contributed by atoms with Crippen LogP contribution < -0.4 is 0 Å². The lowest BCUT2D eigenvalue weighted by Crippen LogP contribution is -2.23. The number of likely N-dealkylation sites (tertiary alicyclic amines) is 1. The van der Waals surface area contributed by atoms with E-state index in [2.05, 4.69) is 49.3 Å². The van der Waals surface area contributed by atoms with Crippen LogP contribution in [0.3, 0.4) is 0 Å². The highest BCUT2D eigenvalue weighted by Crippen LogP contribution is 2.33. The summed E-state index contributed by atoms with van der Waals surface area (Å²) in [6.45, 7) is 1.78. The van der Waals surface area contributed by atoms with Gasteiger partial charge in [-0.2, -0.15) is 4.98 Å². The van der Waals surface area contributed by atoms with Crippen molar-refractivity contribution in [1.29, 1.82) is 0 Å². The van der Waals surface area contributed by atoms with E-state index in [1.165, 1.54) is 11.6 Å². The molecule has 0 amide bonds. The fourth-order valence-electron chi connectivity index (χ4n) is 3.83. The molecule has 150 valence electrons. The van der Waals surface area contributed by atoms with Crippen LogP contribution in [0.2, 0.25) is 0 Å². The van der Waals surface area contributed by atoms with Crippen molar-refractivity contribution in [1.82, 2.24) is 25.0 Å². The molecule has 0 bridgehead atoms. The molecule has 1 aliphatic rings. The lowest BCUT2D eigenvalue weighted by atomic mass is 10.1. The number of rotatable bonds is 5. The summed E-state index contributed by atoms with van der Waals surface area (Å²) in [5, 5.41) is 4.04. The van der Waals surface area contributed by atoms with Gasteiger partial charge < -0.3 is 4.52 Å². The van der Waals surface area contributed by atoms with Crippen molar-refractivity contribution in [2.45, 2.75) is 25.4 Å². The Labute approximate surface area is 173 Å².